The lowest BCUT2D eigenvalue weighted by Crippen LogP contribution is -1.93. The third kappa shape index (κ3) is 4.68. The Morgan fingerprint density at radius 2 is 0.432 bits per heavy atom. The first-order chi connectivity index (χ1) is 21.8. The van der Waals surface area contributed by atoms with Crippen molar-refractivity contribution in [1.29, 1.82) is 0 Å². The lowest BCUT2D eigenvalue weighted by Gasteiger charge is -2.20. The van der Waals surface area contributed by atoms with E-state index < -0.39 is 0 Å². The van der Waals surface area contributed by atoms with Gasteiger partial charge in [-0.1, -0.05) is 158 Å². The van der Waals surface area contributed by atoms with Crippen molar-refractivity contribution in [1.82, 2.24) is 0 Å². The fourth-order valence-electron chi connectivity index (χ4n) is 6.55. The molecule has 44 heavy (non-hydrogen) atoms. The minimum Gasteiger partial charge on any atom is -0.0622 e. The Hall–Kier alpha value is -5.72. The zero-order chi connectivity index (χ0) is 29.3. The number of fused-ring (bicyclic) bond motifs is 2. The fraction of sp³-hybridized carbons (Fsp3) is 0. The highest BCUT2D eigenvalue weighted by atomic mass is 14.2. The molecular formula is C44H30. The summed E-state index contributed by atoms with van der Waals surface area (Å²) in [4.78, 5) is 0. The number of benzene rings is 8. The van der Waals surface area contributed by atoms with Crippen LogP contribution in [0.2, 0.25) is 0 Å². The van der Waals surface area contributed by atoms with E-state index in [9.17, 15) is 0 Å². The van der Waals surface area contributed by atoms with Crippen molar-refractivity contribution < 1.29 is 0 Å². The Morgan fingerprint density at radius 3 is 0.773 bits per heavy atom. The van der Waals surface area contributed by atoms with E-state index in [2.05, 4.69) is 182 Å². The number of hydrogen-bond donors (Lipinski definition) is 0. The fourth-order valence-corrected chi connectivity index (χ4v) is 6.55. The Balaban J connectivity index is 1.40. The maximum Gasteiger partial charge on any atom is -0.00928 e. The molecule has 0 nitrogen and oxygen atoms in total. The van der Waals surface area contributed by atoms with Crippen LogP contribution in [0.1, 0.15) is 0 Å². The van der Waals surface area contributed by atoms with E-state index in [-0.39, 0.29) is 0 Å². The molecule has 0 saturated heterocycles. The summed E-state index contributed by atoms with van der Waals surface area (Å²) in [6.07, 6.45) is 0. The molecule has 0 radical (unpaired) electrons. The van der Waals surface area contributed by atoms with E-state index in [1.165, 1.54) is 77.2 Å². The highest BCUT2D eigenvalue weighted by Gasteiger charge is 2.18. The Morgan fingerprint density at radius 1 is 0.182 bits per heavy atom. The molecule has 0 heterocycles. The van der Waals surface area contributed by atoms with Crippen LogP contribution in [0.15, 0.2) is 182 Å². The van der Waals surface area contributed by atoms with Gasteiger partial charge in [-0.25, -0.2) is 0 Å². The van der Waals surface area contributed by atoms with Crippen LogP contribution in [-0.2, 0) is 0 Å². The molecule has 0 unspecified atom stereocenters. The average molecular weight is 559 g/mol. The third-order valence-corrected chi connectivity index (χ3v) is 8.67. The molecule has 0 atom stereocenters. The van der Waals surface area contributed by atoms with E-state index in [0.717, 1.165) is 0 Å². The van der Waals surface area contributed by atoms with Crippen molar-refractivity contribution in [3.8, 4) is 55.6 Å². The van der Waals surface area contributed by atoms with Crippen LogP contribution in [0, 0.1) is 0 Å². The molecule has 8 rings (SSSR count). The lowest BCUT2D eigenvalue weighted by atomic mass is 9.84. The molecule has 0 aromatic heterocycles. The Bertz CT molecular complexity index is 2090. The highest BCUT2D eigenvalue weighted by Crippen LogP contribution is 2.45. The summed E-state index contributed by atoms with van der Waals surface area (Å²) in [5.41, 5.74) is 12.3. The first-order valence-corrected chi connectivity index (χ1v) is 15.2. The molecule has 0 spiro atoms. The molecule has 0 aliphatic carbocycles. The number of rotatable bonds is 5. The molecule has 0 bridgehead atoms. The van der Waals surface area contributed by atoms with Gasteiger partial charge in [0, 0.05) is 0 Å². The predicted molar refractivity (Wildman–Crippen MR) is 189 cm³/mol. The van der Waals surface area contributed by atoms with Gasteiger partial charge in [0.25, 0.3) is 0 Å². The molecule has 0 fully saturated rings. The summed E-state index contributed by atoms with van der Waals surface area (Å²) in [5.74, 6) is 0. The normalized spacial score (nSPS) is 11.2. The second-order valence-corrected chi connectivity index (χ2v) is 11.3. The van der Waals surface area contributed by atoms with Crippen LogP contribution in [0.4, 0.5) is 0 Å². The predicted octanol–water partition coefficient (Wildman–Crippen LogP) is 12.3. The van der Waals surface area contributed by atoms with Gasteiger partial charge in [-0.05, 0) is 101 Å². The second-order valence-electron chi connectivity index (χ2n) is 11.3. The summed E-state index contributed by atoms with van der Waals surface area (Å²) < 4.78 is 0. The van der Waals surface area contributed by atoms with Crippen LogP contribution in [0.3, 0.4) is 0 Å². The van der Waals surface area contributed by atoms with Gasteiger partial charge in [0.05, 0.1) is 0 Å². The summed E-state index contributed by atoms with van der Waals surface area (Å²) >= 11 is 0. The zero-order valence-corrected chi connectivity index (χ0v) is 24.3. The summed E-state index contributed by atoms with van der Waals surface area (Å²) in [6, 6.07) is 66.1. The van der Waals surface area contributed by atoms with Crippen molar-refractivity contribution in [2.24, 2.45) is 0 Å². The van der Waals surface area contributed by atoms with Gasteiger partial charge in [0.15, 0.2) is 0 Å². The van der Waals surface area contributed by atoms with Gasteiger partial charge in [-0.15, -0.1) is 0 Å². The smallest absolute Gasteiger partial charge is 0.00928 e. The summed E-state index contributed by atoms with van der Waals surface area (Å²) in [6.45, 7) is 0. The molecule has 0 amide bonds. The maximum absolute atomic E-state index is 2.37. The Labute approximate surface area is 258 Å². The van der Waals surface area contributed by atoms with Crippen LogP contribution in [0.5, 0.6) is 0 Å². The van der Waals surface area contributed by atoms with Gasteiger partial charge in [-0.2, -0.15) is 0 Å². The quantitative estimate of drug-likeness (QED) is 0.197. The molecule has 8 aromatic carbocycles. The minimum atomic E-state index is 1.22. The molecule has 206 valence electrons. The number of hydrogen-bond acceptors (Lipinski definition) is 0. The molecule has 0 heteroatoms. The second kappa shape index (κ2) is 11.2. The van der Waals surface area contributed by atoms with E-state index in [0.29, 0.717) is 0 Å². The molecule has 0 saturated carbocycles. The van der Waals surface area contributed by atoms with Crippen molar-refractivity contribution in [3.63, 3.8) is 0 Å². The van der Waals surface area contributed by atoms with Crippen LogP contribution < -0.4 is 0 Å². The van der Waals surface area contributed by atoms with Crippen LogP contribution >= 0.6 is 0 Å². The first kappa shape index (κ1) is 25.9. The van der Waals surface area contributed by atoms with Crippen LogP contribution in [-0.4, -0.2) is 0 Å². The molecule has 0 N–H and O–H groups in total. The van der Waals surface area contributed by atoms with E-state index >= 15 is 0 Å². The third-order valence-electron chi connectivity index (χ3n) is 8.67. The zero-order valence-electron chi connectivity index (χ0n) is 24.3. The van der Waals surface area contributed by atoms with Crippen LogP contribution in [0.25, 0.3) is 77.2 Å². The minimum absolute atomic E-state index is 1.22. The molecular weight excluding hydrogens is 528 g/mol. The first-order valence-electron chi connectivity index (χ1n) is 15.2. The van der Waals surface area contributed by atoms with E-state index in [4.69, 9.17) is 0 Å². The summed E-state index contributed by atoms with van der Waals surface area (Å²) in [5, 5.41) is 4.98. The monoisotopic (exact) mass is 558 g/mol. The SMILES string of the molecule is c1ccc(-c2cc3ccccc3cc2-c2ccccc2-c2ccccc2-c2cc3ccccc3cc2-c2ccccc2)cc1. The standard InChI is InChI=1S/C44H30/c1-3-15-31(16-4-1)41-27-33-19-7-9-21-35(33)29-43(41)39-25-13-11-23-37(39)38-24-12-14-26-40(38)44-30-36-22-10-8-20-34(36)28-42(44)32-17-5-2-6-18-32/h1-30H. The van der Waals surface area contributed by atoms with Crippen molar-refractivity contribution >= 4 is 21.5 Å². The maximum atomic E-state index is 2.37. The van der Waals surface area contributed by atoms with Crippen molar-refractivity contribution in [2.45, 2.75) is 0 Å². The van der Waals surface area contributed by atoms with Gasteiger partial charge in [0.1, 0.15) is 0 Å². The highest BCUT2D eigenvalue weighted by molar-refractivity contribution is 6.04. The van der Waals surface area contributed by atoms with Gasteiger partial charge in [0.2, 0.25) is 0 Å². The topological polar surface area (TPSA) is 0 Å². The van der Waals surface area contributed by atoms with E-state index in [1.807, 2.05) is 0 Å². The Kier molecular flexibility index (Phi) is 6.59. The van der Waals surface area contributed by atoms with Gasteiger partial charge >= 0.3 is 0 Å². The van der Waals surface area contributed by atoms with Crippen molar-refractivity contribution in [3.05, 3.63) is 182 Å². The van der Waals surface area contributed by atoms with Crippen molar-refractivity contribution in [2.75, 3.05) is 0 Å². The molecule has 8 aromatic rings. The molecule has 0 aliphatic rings. The largest absolute Gasteiger partial charge is 0.0622 e. The summed E-state index contributed by atoms with van der Waals surface area (Å²) in [7, 11) is 0. The van der Waals surface area contributed by atoms with E-state index in [1.54, 1.807) is 0 Å². The molecule has 0 aliphatic heterocycles. The average Bonchev–Trinajstić information content (AvgIpc) is 3.11. The van der Waals surface area contributed by atoms with Gasteiger partial charge < -0.3 is 0 Å². The van der Waals surface area contributed by atoms with Gasteiger partial charge in [-0.3, -0.25) is 0 Å². The lowest BCUT2D eigenvalue weighted by molar-refractivity contribution is 1.56.